The van der Waals surface area contributed by atoms with Gasteiger partial charge in [0.1, 0.15) is 11.5 Å². The monoisotopic (exact) mass is 298 g/mol. The number of phenolic OH excluding ortho intramolecular Hbond substituents is 1. The van der Waals surface area contributed by atoms with Crippen molar-refractivity contribution in [2.24, 2.45) is 0 Å². The molecule has 0 aliphatic heterocycles. The van der Waals surface area contributed by atoms with Crippen molar-refractivity contribution < 1.29 is 14.6 Å². The van der Waals surface area contributed by atoms with Crippen LogP contribution in [-0.4, -0.2) is 11.1 Å². The number of carbonyl (C=O) groups is 1. The minimum Gasteiger partial charge on any atom is -0.508 e. The number of unbranched alkanes of at least 4 members (excludes halogenated alkanes) is 2. The van der Waals surface area contributed by atoms with E-state index in [0.717, 1.165) is 6.42 Å². The standard InChI is InChI=1S/C19H22O3/c1-3-4-5-6-15-7-10-17(11-8-15)22-19(21)18-12-9-16(20)13-14(18)2/h7-13,20H,3-6H2,1-2H3. The predicted molar refractivity (Wildman–Crippen MR) is 87.5 cm³/mol. The van der Waals surface area contributed by atoms with Gasteiger partial charge < -0.3 is 9.84 Å². The Balaban J connectivity index is 1.99. The van der Waals surface area contributed by atoms with Crippen molar-refractivity contribution in [1.82, 2.24) is 0 Å². The molecule has 0 amide bonds. The van der Waals surface area contributed by atoms with Gasteiger partial charge in [0.25, 0.3) is 0 Å². The summed E-state index contributed by atoms with van der Waals surface area (Å²) in [5.41, 5.74) is 2.42. The molecule has 0 fully saturated rings. The largest absolute Gasteiger partial charge is 0.508 e. The Morgan fingerprint density at radius 3 is 2.45 bits per heavy atom. The van der Waals surface area contributed by atoms with Crippen molar-refractivity contribution in [2.75, 3.05) is 0 Å². The summed E-state index contributed by atoms with van der Waals surface area (Å²) in [7, 11) is 0. The smallest absolute Gasteiger partial charge is 0.343 e. The lowest BCUT2D eigenvalue weighted by Crippen LogP contribution is -2.10. The fraction of sp³-hybridized carbons (Fsp3) is 0.316. The number of carbonyl (C=O) groups excluding carboxylic acids is 1. The van der Waals surface area contributed by atoms with E-state index in [0.29, 0.717) is 16.9 Å². The second-order valence-corrected chi connectivity index (χ2v) is 5.49. The molecule has 0 heterocycles. The maximum absolute atomic E-state index is 12.1. The van der Waals surface area contributed by atoms with Gasteiger partial charge in [0.2, 0.25) is 0 Å². The van der Waals surface area contributed by atoms with Gasteiger partial charge in [-0.05, 0) is 61.2 Å². The van der Waals surface area contributed by atoms with Gasteiger partial charge in [-0.1, -0.05) is 31.9 Å². The van der Waals surface area contributed by atoms with E-state index in [4.69, 9.17) is 4.74 Å². The minimum absolute atomic E-state index is 0.144. The molecule has 116 valence electrons. The van der Waals surface area contributed by atoms with Crippen molar-refractivity contribution in [3.05, 3.63) is 59.2 Å². The summed E-state index contributed by atoms with van der Waals surface area (Å²) in [6, 6.07) is 12.3. The van der Waals surface area contributed by atoms with E-state index in [-0.39, 0.29) is 5.75 Å². The van der Waals surface area contributed by atoms with E-state index in [2.05, 4.69) is 6.92 Å². The van der Waals surface area contributed by atoms with Crippen LogP contribution < -0.4 is 4.74 Å². The van der Waals surface area contributed by atoms with Gasteiger partial charge in [-0.15, -0.1) is 0 Å². The molecule has 0 saturated heterocycles. The topological polar surface area (TPSA) is 46.5 Å². The first-order valence-corrected chi connectivity index (χ1v) is 7.71. The summed E-state index contributed by atoms with van der Waals surface area (Å²) < 4.78 is 5.38. The number of ether oxygens (including phenoxy) is 1. The second kappa shape index (κ2) is 7.64. The third-order valence-corrected chi connectivity index (χ3v) is 3.63. The summed E-state index contributed by atoms with van der Waals surface area (Å²) in [5, 5.41) is 9.38. The van der Waals surface area contributed by atoms with E-state index in [1.807, 2.05) is 24.3 Å². The van der Waals surface area contributed by atoms with Gasteiger partial charge in [-0.25, -0.2) is 4.79 Å². The van der Waals surface area contributed by atoms with Crippen molar-refractivity contribution >= 4 is 5.97 Å². The lowest BCUT2D eigenvalue weighted by molar-refractivity contribution is 0.0734. The molecule has 2 rings (SSSR count). The average molecular weight is 298 g/mol. The lowest BCUT2D eigenvalue weighted by atomic mass is 10.1. The summed E-state index contributed by atoms with van der Waals surface area (Å²) in [6.45, 7) is 3.96. The summed E-state index contributed by atoms with van der Waals surface area (Å²) in [5.74, 6) is 0.276. The van der Waals surface area contributed by atoms with Gasteiger partial charge in [0.05, 0.1) is 5.56 Å². The van der Waals surface area contributed by atoms with Gasteiger partial charge in [-0.2, -0.15) is 0 Å². The second-order valence-electron chi connectivity index (χ2n) is 5.49. The molecule has 0 aromatic heterocycles. The fourth-order valence-corrected chi connectivity index (χ4v) is 2.34. The maximum Gasteiger partial charge on any atom is 0.343 e. The quantitative estimate of drug-likeness (QED) is 0.479. The van der Waals surface area contributed by atoms with Crippen LogP contribution in [-0.2, 0) is 6.42 Å². The Morgan fingerprint density at radius 2 is 1.82 bits per heavy atom. The molecule has 2 aromatic rings. The van der Waals surface area contributed by atoms with Crippen molar-refractivity contribution in [3.8, 4) is 11.5 Å². The van der Waals surface area contributed by atoms with Crippen LogP contribution in [0.25, 0.3) is 0 Å². The summed E-state index contributed by atoms with van der Waals surface area (Å²) in [6.07, 6.45) is 4.68. The van der Waals surface area contributed by atoms with Gasteiger partial charge in [0.15, 0.2) is 0 Å². The zero-order valence-corrected chi connectivity index (χ0v) is 13.1. The number of hydrogen-bond acceptors (Lipinski definition) is 3. The molecule has 0 radical (unpaired) electrons. The van der Waals surface area contributed by atoms with Crippen LogP contribution in [0.5, 0.6) is 11.5 Å². The maximum atomic E-state index is 12.1. The van der Waals surface area contributed by atoms with Crippen LogP contribution in [0.3, 0.4) is 0 Å². The Bertz CT molecular complexity index is 630. The molecule has 0 spiro atoms. The van der Waals surface area contributed by atoms with Gasteiger partial charge in [0, 0.05) is 0 Å². The van der Waals surface area contributed by atoms with Gasteiger partial charge >= 0.3 is 5.97 Å². The zero-order chi connectivity index (χ0) is 15.9. The number of aromatic hydroxyl groups is 1. The first kappa shape index (κ1) is 16.1. The molecule has 0 aliphatic carbocycles. The summed E-state index contributed by atoms with van der Waals surface area (Å²) in [4.78, 5) is 12.1. The van der Waals surface area contributed by atoms with Crippen LogP contribution in [0.15, 0.2) is 42.5 Å². The van der Waals surface area contributed by atoms with E-state index >= 15 is 0 Å². The number of esters is 1. The molecule has 3 nitrogen and oxygen atoms in total. The highest BCUT2D eigenvalue weighted by Crippen LogP contribution is 2.19. The predicted octanol–water partition coefficient (Wildman–Crippen LogP) is 4.65. The molecule has 0 atom stereocenters. The van der Waals surface area contributed by atoms with E-state index in [1.165, 1.54) is 30.9 Å². The Kier molecular flexibility index (Phi) is 5.59. The van der Waals surface area contributed by atoms with Crippen LogP contribution in [0.1, 0.15) is 47.7 Å². The first-order valence-electron chi connectivity index (χ1n) is 7.71. The third kappa shape index (κ3) is 4.35. The molecular formula is C19H22O3. The van der Waals surface area contributed by atoms with E-state index in [9.17, 15) is 9.90 Å². The van der Waals surface area contributed by atoms with Gasteiger partial charge in [-0.3, -0.25) is 0 Å². The highest BCUT2D eigenvalue weighted by atomic mass is 16.5. The number of rotatable bonds is 6. The molecule has 1 N–H and O–H groups in total. The van der Waals surface area contributed by atoms with Crippen LogP contribution in [0.2, 0.25) is 0 Å². The Hall–Kier alpha value is -2.29. The molecular weight excluding hydrogens is 276 g/mol. The van der Waals surface area contributed by atoms with Crippen molar-refractivity contribution in [2.45, 2.75) is 39.5 Å². The van der Waals surface area contributed by atoms with E-state index < -0.39 is 5.97 Å². The SMILES string of the molecule is CCCCCc1ccc(OC(=O)c2ccc(O)cc2C)cc1. The zero-order valence-electron chi connectivity index (χ0n) is 13.1. The number of hydrogen-bond donors (Lipinski definition) is 1. The molecule has 0 aliphatic rings. The normalized spacial score (nSPS) is 10.5. The molecule has 0 bridgehead atoms. The van der Waals surface area contributed by atoms with Crippen LogP contribution >= 0.6 is 0 Å². The Labute approximate surface area is 131 Å². The lowest BCUT2D eigenvalue weighted by Gasteiger charge is -2.08. The molecule has 0 saturated carbocycles. The van der Waals surface area contributed by atoms with Crippen LogP contribution in [0, 0.1) is 6.92 Å². The van der Waals surface area contributed by atoms with E-state index in [1.54, 1.807) is 19.1 Å². The van der Waals surface area contributed by atoms with Crippen molar-refractivity contribution in [3.63, 3.8) is 0 Å². The summed E-state index contributed by atoms with van der Waals surface area (Å²) >= 11 is 0. The Morgan fingerprint density at radius 1 is 1.09 bits per heavy atom. The molecule has 3 heteroatoms. The first-order chi connectivity index (χ1) is 10.6. The number of benzene rings is 2. The molecule has 2 aromatic carbocycles. The third-order valence-electron chi connectivity index (χ3n) is 3.63. The van der Waals surface area contributed by atoms with Crippen LogP contribution in [0.4, 0.5) is 0 Å². The fourth-order valence-electron chi connectivity index (χ4n) is 2.34. The molecule has 22 heavy (non-hydrogen) atoms. The minimum atomic E-state index is -0.406. The average Bonchev–Trinajstić information content (AvgIpc) is 2.49. The highest BCUT2D eigenvalue weighted by Gasteiger charge is 2.12. The number of phenols is 1. The van der Waals surface area contributed by atoms with Crippen molar-refractivity contribution in [1.29, 1.82) is 0 Å². The molecule has 0 unspecified atom stereocenters. The highest BCUT2D eigenvalue weighted by molar-refractivity contribution is 5.92. The number of aryl methyl sites for hydroxylation is 2.